The van der Waals surface area contributed by atoms with Gasteiger partial charge in [0.15, 0.2) is 0 Å². The molecular weight excluding hydrogens is 312 g/mol. The summed E-state index contributed by atoms with van der Waals surface area (Å²) in [5.74, 6) is 1.24. The van der Waals surface area contributed by atoms with Crippen molar-refractivity contribution in [3.05, 3.63) is 0 Å². The van der Waals surface area contributed by atoms with Gasteiger partial charge >= 0.3 is 0 Å². The second kappa shape index (κ2) is 13.8. The van der Waals surface area contributed by atoms with E-state index in [4.69, 9.17) is 0 Å². The summed E-state index contributed by atoms with van der Waals surface area (Å²) in [6, 6.07) is -0.344. The van der Waals surface area contributed by atoms with Crippen molar-refractivity contribution in [3.63, 3.8) is 0 Å². The van der Waals surface area contributed by atoms with Gasteiger partial charge < -0.3 is 26.1 Å². The molecule has 6 nitrogen and oxygen atoms in total. The van der Waals surface area contributed by atoms with Crippen molar-refractivity contribution in [1.82, 2.24) is 21.3 Å². The summed E-state index contributed by atoms with van der Waals surface area (Å²) >= 11 is 1.69. The lowest BCUT2D eigenvalue weighted by atomic mass is 9.96. The van der Waals surface area contributed by atoms with Crippen molar-refractivity contribution in [1.29, 1.82) is 0 Å². The molecular formula is C16H32N4O2S. The Morgan fingerprint density at radius 3 is 2.22 bits per heavy atom. The Kier molecular flexibility index (Phi) is 12.2. The molecule has 1 aliphatic heterocycles. The summed E-state index contributed by atoms with van der Waals surface area (Å²) in [5, 5.41) is 13.1. The molecule has 7 heteroatoms. The van der Waals surface area contributed by atoms with Crippen LogP contribution >= 0.6 is 11.8 Å². The fourth-order valence-corrected chi connectivity index (χ4v) is 3.13. The molecule has 23 heavy (non-hydrogen) atoms. The van der Waals surface area contributed by atoms with E-state index in [1.54, 1.807) is 11.8 Å². The third-order valence-corrected chi connectivity index (χ3v) is 4.68. The Hall–Kier alpha value is -0.630. The molecule has 4 N–H and O–H groups in total. The van der Waals surface area contributed by atoms with E-state index in [0.717, 1.165) is 64.1 Å². The Morgan fingerprint density at radius 2 is 1.70 bits per heavy atom. The molecule has 0 aliphatic carbocycles. The Bertz CT molecular complexity index is 319. The van der Waals surface area contributed by atoms with Crippen LogP contribution in [0.25, 0.3) is 0 Å². The van der Waals surface area contributed by atoms with Gasteiger partial charge in [0.05, 0.1) is 6.04 Å². The van der Waals surface area contributed by atoms with Gasteiger partial charge in [-0.1, -0.05) is 0 Å². The highest BCUT2D eigenvalue weighted by Gasteiger charge is 2.17. The van der Waals surface area contributed by atoms with Crippen LogP contribution in [0, 0.1) is 5.92 Å². The summed E-state index contributed by atoms with van der Waals surface area (Å²) in [4.78, 5) is 23.2. The Balaban J connectivity index is 2.36. The van der Waals surface area contributed by atoms with Gasteiger partial charge in [-0.3, -0.25) is 4.79 Å². The quantitative estimate of drug-likeness (QED) is 0.487. The van der Waals surface area contributed by atoms with Crippen LogP contribution in [0.3, 0.4) is 0 Å². The van der Waals surface area contributed by atoms with E-state index in [-0.39, 0.29) is 11.9 Å². The summed E-state index contributed by atoms with van der Waals surface area (Å²) in [5.41, 5.74) is 0. The lowest BCUT2D eigenvalue weighted by Crippen LogP contribution is -2.38. The maximum atomic E-state index is 12.2. The maximum Gasteiger partial charge on any atom is 0.220 e. The highest BCUT2D eigenvalue weighted by Crippen LogP contribution is 2.13. The first-order chi connectivity index (χ1) is 11.3. The van der Waals surface area contributed by atoms with Gasteiger partial charge in [-0.05, 0) is 50.3 Å². The number of carbonyl (C=O) groups is 2. The number of hydrogen-bond donors (Lipinski definition) is 4. The molecule has 1 fully saturated rings. The van der Waals surface area contributed by atoms with E-state index in [1.165, 1.54) is 0 Å². The summed E-state index contributed by atoms with van der Waals surface area (Å²) in [6.45, 7) is 5.74. The highest BCUT2D eigenvalue weighted by molar-refractivity contribution is 7.98. The zero-order chi connectivity index (χ0) is 16.8. The van der Waals surface area contributed by atoms with Crippen LogP contribution in [0.1, 0.15) is 25.7 Å². The number of thioether (sulfide) groups is 1. The fourth-order valence-electron chi connectivity index (χ4n) is 2.64. The highest BCUT2D eigenvalue weighted by atomic mass is 32.2. The molecule has 0 bridgehead atoms. The zero-order valence-corrected chi connectivity index (χ0v) is 15.1. The summed E-state index contributed by atoms with van der Waals surface area (Å²) in [7, 11) is 0. The molecule has 0 spiro atoms. The van der Waals surface area contributed by atoms with Crippen LogP contribution in [0.5, 0.6) is 0 Å². The number of hydrogen-bond acceptors (Lipinski definition) is 6. The lowest BCUT2D eigenvalue weighted by Gasteiger charge is -2.20. The number of aldehydes is 1. The molecule has 1 heterocycles. The maximum absolute atomic E-state index is 12.2. The van der Waals surface area contributed by atoms with Crippen LogP contribution < -0.4 is 21.3 Å². The van der Waals surface area contributed by atoms with Crippen LogP contribution in [-0.4, -0.2) is 69.5 Å². The monoisotopic (exact) mass is 344 g/mol. The van der Waals surface area contributed by atoms with Crippen molar-refractivity contribution in [3.8, 4) is 0 Å². The van der Waals surface area contributed by atoms with E-state index in [9.17, 15) is 9.59 Å². The van der Waals surface area contributed by atoms with Gasteiger partial charge in [-0.15, -0.1) is 0 Å². The first-order valence-electron chi connectivity index (χ1n) is 8.62. The van der Waals surface area contributed by atoms with Crippen LogP contribution in [0.4, 0.5) is 0 Å². The largest absolute Gasteiger partial charge is 0.347 e. The predicted octanol–water partition coefficient (Wildman–Crippen LogP) is -0.00790. The molecule has 134 valence electrons. The molecule has 0 radical (unpaired) electrons. The minimum atomic E-state index is -0.344. The van der Waals surface area contributed by atoms with E-state index in [2.05, 4.69) is 21.3 Å². The first-order valence-corrected chi connectivity index (χ1v) is 10.0. The Labute approximate surface area is 144 Å². The Morgan fingerprint density at radius 1 is 1.13 bits per heavy atom. The second-order valence-electron chi connectivity index (χ2n) is 5.99. The number of rotatable bonds is 7. The standard InChI is InChI=1S/C16H32N4O2S/c1-23-11-4-15(13-21)20-16(22)12-14-2-5-17-7-9-19-10-8-18-6-3-14/h13-15,17-19H,2-12H2,1H3,(H,20,22). The first kappa shape index (κ1) is 20.4. The molecule has 1 unspecified atom stereocenters. The SMILES string of the molecule is CSCCC(C=O)NC(=O)CC1CCNCCNCCNCC1. The summed E-state index contributed by atoms with van der Waals surface area (Å²) < 4.78 is 0. The third kappa shape index (κ3) is 10.7. The molecule has 0 aromatic heterocycles. The van der Waals surface area contributed by atoms with E-state index < -0.39 is 0 Å². The van der Waals surface area contributed by atoms with E-state index >= 15 is 0 Å². The average molecular weight is 345 g/mol. The summed E-state index contributed by atoms with van der Waals surface area (Å²) in [6.07, 6.45) is 6.05. The average Bonchev–Trinajstić information content (AvgIpc) is 2.54. The molecule has 1 saturated heterocycles. The number of amides is 1. The smallest absolute Gasteiger partial charge is 0.220 e. The molecule has 0 saturated carbocycles. The normalized spacial score (nSPS) is 20.0. The van der Waals surface area contributed by atoms with E-state index in [1.807, 2.05) is 6.26 Å². The van der Waals surface area contributed by atoms with Gasteiger partial charge in [0, 0.05) is 32.6 Å². The van der Waals surface area contributed by atoms with Crippen molar-refractivity contribution in [2.24, 2.45) is 5.92 Å². The van der Waals surface area contributed by atoms with Gasteiger partial charge in [-0.2, -0.15) is 11.8 Å². The molecule has 1 atom stereocenters. The van der Waals surface area contributed by atoms with Crippen LogP contribution in [-0.2, 0) is 9.59 Å². The zero-order valence-electron chi connectivity index (χ0n) is 14.2. The van der Waals surface area contributed by atoms with Gasteiger partial charge in [-0.25, -0.2) is 0 Å². The minimum Gasteiger partial charge on any atom is -0.347 e. The second-order valence-corrected chi connectivity index (χ2v) is 6.97. The third-order valence-electron chi connectivity index (χ3n) is 4.03. The molecule has 1 amide bonds. The number of nitrogens with one attached hydrogen (secondary N) is 4. The number of carbonyl (C=O) groups excluding carboxylic acids is 2. The molecule has 0 aromatic rings. The van der Waals surface area contributed by atoms with Crippen molar-refractivity contribution < 1.29 is 9.59 Å². The molecule has 1 rings (SSSR count). The lowest BCUT2D eigenvalue weighted by molar-refractivity contribution is -0.124. The van der Waals surface area contributed by atoms with Crippen molar-refractivity contribution in [2.75, 3.05) is 51.3 Å². The van der Waals surface area contributed by atoms with Gasteiger partial charge in [0.25, 0.3) is 0 Å². The van der Waals surface area contributed by atoms with Gasteiger partial charge in [0.2, 0.25) is 5.91 Å². The molecule has 0 aromatic carbocycles. The predicted molar refractivity (Wildman–Crippen MR) is 96.9 cm³/mol. The topological polar surface area (TPSA) is 82.3 Å². The van der Waals surface area contributed by atoms with E-state index in [0.29, 0.717) is 18.8 Å². The molecule has 1 aliphatic rings. The van der Waals surface area contributed by atoms with Crippen molar-refractivity contribution >= 4 is 24.0 Å². The fraction of sp³-hybridized carbons (Fsp3) is 0.875. The van der Waals surface area contributed by atoms with Crippen molar-refractivity contribution in [2.45, 2.75) is 31.7 Å². The minimum absolute atomic E-state index is 0.00182. The van der Waals surface area contributed by atoms with Gasteiger partial charge in [0.1, 0.15) is 6.29 Å². The van der Waals surface area contributed by atoms with Crippen LogP contribution in [0.15, 0.2) is 0 Å². The van der Waals surface area contributed by atoms with Crippen LogP contribution in [0.2, 0.25) is 0 Å².